The van der Waals surface area contributed by atoms with Crippen LogP contribution in [0, 0.1) is 5.82 Å². The van der Waals surface area contributed by atoms with Crippen LogP contribution in [0.25, 0.3) is 0 Å². The Hall–Kier alpha value is -1.39. The summed E-state index contributed by atoms with van der Waals surface area (Å²) < 4.78 is 15.6. The van der Waals surface area contributed by atoms with Crippen LogP contribution < -0.4 is 0 Å². The van der Waals surface area contributed by atoms with Crippen molar-refractivity contribution in [1.82, 2.24) is 9.55 Å². The van der Waals surface area contributed by atoms with Crippen LogP contribution >= 0.6 is 11.6 Å². The number of hydrogen-bond donors (Lipinski definition) is 1. The van der Waals surface area contributed by atoms with Crippen molar-refractivity contribution >= 4 is 11.6 Å². The van der Waals surface area contributed by atoms with E-state index in [9.17, 15) is 9.50 Å². The molecule has 0 bridgehead atoms. The van der Waals surface area contributed by atoms with E-state index in [0.29, 0.717) is 16.3 Å². The maximum absolute atomic E-state index is 13.7. The van der Waals surface area contributed by atoms with Crippen molar-refractivity contribution in [2.24, 2.45) is 0 Å². The van der Waals surface area contributed by atoms with Crippen LogP contribution in [0.5, 0.6) is 0 Å². The standard InChI is InChI=1S/C14H16ClFN2O/c1-9(2)18-8-17-7-13(18)14(19)6-10-11(15)4-3-5-12(10)16/h3-5,7-9,14,19H,6H2,1-2H3. The summed E-state index contributed by atoms with van der Waals surface area (Å²) in [5, 5.41) is 10.6. The number of rotatable bonds is 4. The molecule has 0 spiro atoms. The average Bonchev–Trinajstić information content (AvgIpc) is 2.83. The van der Waals surface area contributed by atoms with Crippen LogP contribution in [-0.2, 0) is 6.42 Å². The number of benzene rings is 1. The molecule has 3 nitrogen and oxygen atoms in total. The minimum Gasteiger partial charge on any atom is -0.386 e. The molecule has 19 heavy (non-hydrogen) atoms. The number of aromatic nitrogens is 2. The van der Waals surface area contributed by atoms with Gasteiger partial charge in [0.15, 0.2) is 0 Å². The molecule has 0 radical (unpaired) electrons. The van der Waals surface area contributed by atoms with Gasteiger partial charge in [0.05, 0.1) is 24.3 Å². The third-order valence-corrected chi connectivity index (χ3v) is 3.41. The fraction of sp³-hybridized carbons (Fsp3) is 0.357. The molecule has 1 unspecified atom stereocenters. The van der Waals surface area contributed by atoms with E-state index in [1.165, 1.54) is 6.07 Å². The highest BCUT2D eigenvalue weighted by molar-refractivity contribution is 6.31. The van der Waals surface area contributed by atoms with Crippen LogP contribution in [0.1, 0.15) is 37.3 Å². The first-order valence-corrected chi connectivity index (χ1v) is 6.51. The van der Waals surface area contributed by atoms with Crippen LogP contribution in [0.3, 0.4) is 0 Å². The lowest BCUT2D eigenvalue weighted by Gasteiger charge is -2.17. The zero-order valence-corrected chi connectivity index (χ0v) is 11.6. The summed E-state index contributed by atoms with van der Waals surface area (Å²) in [7, 11) is 0. The lowest BCUT2D eigenvalue weighted by molar-refractivity contribution is 0.166. The summed E-state index contributed by atoms with van der Waals surface area (Å²) in [6.45, 7) is 3.99. The Labute approximate surface area is 116 Å². The Bertz CT molecular complexity index is 548. The van der Waals surface area contributed by atoms with E-state index < -0.39 is 11.9 Å². The zero-order chi connectivity index (χ0) is 14.0. The summed E-state index contributed by atoms with van der Waals surface area (Å²) in [5.74, 6) is -0.401. The van der Waals surface area contributed by atoms with Gasteiger partial charge in [0, 0.05) is 23.0 Å². The highest BCUT2D eigenvalue weighted by Gasteiger charge is 2.18. The van der Waals surface area contributed by atoms with E-state index in [1.807, 2.05) is 18.4 Å². The Morgan fingerprint density at radius 1 is 1.42 bits per heavy atom. The maximum Gasteiger partial charge on any atom is 0.127 e. The number of hydrogen-bond acceptors (Lipinski definition) is 2. The number of nitrogens with zero attached hydrogens (tertiary/aromatic N) is 2. The highest BCUT2D eigenvalue weighted by Crippen LogP contribution is 2.26. The van der Waals surface area contributed by atoms with Crippen molar-refractivity contribution in [3.05, 3.63) is 52.8 Å². The van der Waals surface area contributed by atoms with E-state index >= 15 is 0 Å². The molecule has 1 N–H and O–H groups in total. The number of aliphatic hydroxyl groups is 1. The molecule has 0 amide bonds. The fourth-order valence-corrected chi connectivity index (χ4v) is 2.27. The van der Waals surface area contributed by atoms with Crippen LogP contribution in [0.15, 0.2) is 30.7 Å². The fourth-order valence-electron chi connectivity index (χ4n) is 2.03. The van der Waals surface area contributed by atoms with Gasteiger partial charge >= 0.3 is 0 Å². The molecule has 0 aliphatic heterocycles. The van der Waals surface area contributed by atoms with Gasteiger partial charge in [-0.2, -0.15) is 0 Å². The largest absolute Gasteiger partial charge is 0.386 e. The predicted octanol–water partition coefficient (Wildman–Crippen LogP) is 3.53. The molecule has 5 heteroatoms. The quantitative estimate of drug-likeness (QED) is 0.931. The second-order valence-corrected chi connectivity index (χ2v) is 5.15. The molecule has 1 aromatic heterocycles. The van der Waals surface area contributed by atoms with Gasteiger partial charge in [-0.1, -0.05) is 17.7 Å². The lowest BCUT2D eigenvalue weighted by atomic mass is 10.0. The Kier molecular flexibility index (Phi) is 4.22. The number of imidazole rings is 1. The van der Waals surface area contributed by atoms with Gasteiger partial charge in [-0.05, 0) is 26.0 Å². The van der Waals surface area contributed by atoms with E-state index in [0.717, 1.165) is 0 Å². The maximum atomic E-state index is 13.7. The minimum atomic E-state index is -0.834. The van der Waals surface area contributed by atoms with Gasteiger partial charge in [0.1, 0.15) is 5.82 Å². The molecule has 102 valence electrons. The third kappa shape index (κ3) is 2.96. The first-order chi connectivity index (χ1) is 9.00. The van der Waals surface area contributed by atoms with Gasteiger partial charge in [-0.3, -0.25) is 0 Å². The molecule has 2 aromatic rings. The molecule has 0 saturated carbocycles. The number of halogens is 2. The van der Waals surface area contributed by atoms with Gasteiger partial charge in [0.25, 0.3) is 0 Å². The van der Waals surface area contributed by atoms with E-state index in [1.54, 1.807) is 24.7 Å². The zero-order valence-electron chi connectivity index (χ0n) is 10.8. The van der Waals surface area contributed by atoms with Gasteiger partial charge in [0.2, 0.25) is 0 Å². The average molecular weight is 283 g/mol. The molecular formula is C14H16ClFN2O. The molecule has 0 aliphatic carbocycles. The third-order valence-electron chi connectivity index (χ3n) is 3.05. The summed E-state index contributed by atoms with van der Waals surface area (Å²) in [6.07, 6.45) is 2.55. The molecule has 0 saturated heterocycles. The van der Waals surface area contributed by atoms with E-state index in [-0.39, 0.29) is 12.5 Å². The van der Waals surface area contributed by atoms with Crippen molar-refractivity contribution in [1.29, 1.82) is 0 Å². The van der Waals surface area contributed by atoms with Gasteiger partial charge in [-0.25, -0.2) is 9.37 Å². The van der Waals surface area contributed by atoms with Crippen molar-refractivity contribution < 1.29 is 9.50 Å². The first-order valence-electron chi connectivity index (χ1n) is 6.13. The van der Waals surface area contributed by atoms with Crippen molar-refractivity contribution in [3.63, 3.8) is 0 Å². The Morgan fingerprint density at radius 2 is 2.16 bits per heavy atom. The normalized spacial score (nSPS) is 12.9. The smallest absolute Gasteiger partial charge is 0.127 e. The summed E-state index contributed by atoms with van der Waals surface area (Å²) in [5.41, 5.74) is 0.988. The topological polar surface area (TPSA) is 38.0 Å². The predicted molar refractivity (Wildman–Crippen MR) is 72.7 cm³/mol. The van der Waals surface area contributed by atoms with Crippen LogP contribution in [0.4, 0.5) is 4.39 Å². The Morgan fingerprint density at radius 3 is 2.79 bits per heavy atom. The van der Waals surface area contributed by atoms with Crippen LogP contribution in [-0.4, -0.2) is 14.7 Å². The van der Waals surface area contributed by atoms with Crippen molar-refractivity contribution in [2.45, 2.75) is 32.4 Å². The monoisotopic (exact) mass is 282 g/mol. The van der Waals surface area contributed by atoms with E-state index in [4.69, 9.17) is 11.6 Å². The van der Waals surface area contributed by atoms with E-state index in [2.05, 4.69) is 4.98 Å². The molecule has 1 aromatic carbocycles. The molecule has 0 aliphatic rings. The van der Waals surface area contributed by atoms with Gasteiger partial charge in [-0.15, -0.1) is 0 Å². The van der Waals surface area contributed by atoms with Crippen molar-refractivity contribution in [2.75, 3.05) is 0 Å². The minimum absolute atomic E-state index is 0.129. The first kappa shape index (κ1) is 14.0. The molecule has 0 fully saturated rings. The molecule has 1 heterocycles. The SMILES string of the molecule is CC(C)n1cncc1C(O)Cc1c(F)cccc1Cl. The molecule has 1 atom stereocenters. The summed E-state index contributed by atoms with van der Waals surface area (Å²) in [6, 6.07) is 4.69. The molecular weight excluding hydrogens is 267 g/mol. The van der Waals surface area contributed by atoms with Crippen LogP contribution in [0.2, 0.25) is 5.02 Å². The van der Waals surface area contributed by atoms with Crippen molar-refractivity contribution in [3.8, 4) is 0 Å². The molecule has 2 rings (SSSR count). The van der Waals surface area contributed by atoms with Gasteiger partial charge < -0.3 is 9.67 Å². The second kappa shape index (κ2) is 5.72. The summed E-state index contributed by atoms with van der Waals surface area (Å²) in [4.78, 5) is 4.03. The Balaban J connectivity index is 2.26. The lowest BCUT2D eigenvalue weighted by Crippen LogP contribution is -2.11. The highest BCUT2D eigenvalue weighted by atomic mass is 35.5. The summed E-state index contributed by atoms with van der Waals surface area (Å²) >= 11 is 5.96. The number of aliphatic hydroxyl groups excluding tert-OH is 1. The second-order valence-electron chi connectivity index (χ2n) is 4.74.